The van der Waals surface area contributed by atoms with Gasteiger partial charge in [0.25, 0.3) is 5.69 Å². The molecule has 9 heteroatoms. The Labute approximate surface area is 154 Å². The monoisotopic (exact) mass is 367 g/mol. The first kappa shape index (κ1) is 18.1. The minimum Gasteiger partial charge on any atom is -0.455 e. The lowest BCUT2D eigenvalue weighted by atomic mass is 10.2. The molecule has 9 nitrogen and oxygen atoms in total. The normalized spacial score (nSPS) is 11.6. The third-order valence-electron chi connectivity index (χ3n) is 3.75. The maximum Gasteiger partial charge on any atom is 0.275 e. The Hall–Kier alpha value is -3.75. The summed E-state index contributed by atoms with van der Waals surface area (Å²) in [5.41, 5.74) is 0.982. The van der Waals surface area contributed by atoms with Crippen LogP contribution < -0.4 is 10.1 Å². The maximum atomic E-state index is 12.5. The van der Waals surface area contributed by atoms with Crippen LogP contribution in [0, 0.1) is 17.0 Å². The number of amides is 1. The fourth-order valence-corrected chi connectivity index (χ4v) is 2.38. The number of pyridine rings is 1. The minimum atomic E-state index is -0.583. The summed E-state index contributed by atoms with van der Waals surface area (Å²) in [5, 5.41) is 18.0. The van der Waals surface area contributed by atoms with Crippen LogP contribution in [0.25, 0.3) is 0 Å². The Morgan fingerprint density at radius 3 is 2.74 bits per heavy atom. The van der Waals surface area contributed by atoms with Crippen LogP contribution in [-0.4, -0.2) is 25.6 Å². The fourth-order valence-electron chi connectivity index (χ4n) is 2.38. The van der Waals surface area contributed by atoms with E-state index in [4.69, 9.17) is 4.74 Å². The van der Waals surface area contributed by atoms with Crippen molar-refractivity contribution in [2.45, 2.75) is 19.9 Å². The number of aryl methyl sites for hydroxylation is 1. The number of anilines is 1. The Kier molecular flexibility index (Phi) is 5.11. The summed E-state index contributed by atoms with van der Waals surface area (Å²) in [6, 6.07) is 6.84. The zero-order chi connectivity index (χ0) is 19.4. The number of non-ortho nitro benzene ring substituents is 1. The number of hydrogen-bond acceptors (Lipinski definition) is 6. The molecule has 3 rings (SSSR count). The number of ether oxygens (including phenoxy) is 1. The molecule has 0 aliphatic heterocycles. The van der Waals surface area contributed by atoms with Gasteiger partial charge in [-0.3, -0.25) is 24.6 Å². The fraction of sp³-hybridized carbons (Fsp3) is 0.167. The molecule has 0 aliphatic carbocycles. The third-order valence-corrected chi connectivity index (χ3v) is 3.75. The Morgan fingerprint density at radius 2 is 2.11 bits per heavy atom. The van der Waals surface area contributed by atoms with E-state index in [1.807, 2.05) is 6.92 Å². The number of nitro benzene ring substituents is 1. The Balaban J connectivity index is 1.83. The van der Waals surface area contributed by atoms with E-state index in [1.54, 1.807) is 37.6 Å². The van der Waals surface area contributed by atoms with Crippen molar-refractivity contribution in [1.29, 1.82) is 0 Å². The SMILES string of the molecule is Cc1cnn(C(C)C(=O)Nc2cc(Oc3cccnc3)cc([N+](=O)[O-])c2)c1. The van der Waals surface area contributed by atoms with Gasteiger partial charge in [0.1, 0.15) is 17.5 Å². The number of hydrogen-bond donors (Lipinski definition) is 1. The standard InChI is InChI=1S/C18H17N5O4/c1-12-9-20-22(11-12)13(2)18(24)21-14-6-15(23(25)26)8-17(7-14)27-16-4-3-5-19-10-16/h3-11,13H,1-2H3,(H,21,24). The molecule has 3 aromatic rings. The number of aromatic nitrogens is 3. The summed E-state index contributed by atoms with van der Waals surface area (Å²) >= 11 is 0. The molecule has 2 aromatic heterocycles. The first-order chi connectivity index (χ1) is 12.9. The van der Waals surface area contributed by atoms with Crippen LogP contribution in [-0.2, 0) is 4.79 Å². The predicted molar refractivity (Wildman–Crippen MR) is 97.7 cm³/mol. The van der Waals surface area contributed by atoms with Gasteiger partial charge in [-0.25, -0.2) is 0 Å². The van der Waals surface area contributed by atoms with Crippen LogP contribution in [0.5, 0.6) is 11.5 Å². The first-order valence-electron chi connectivity index (χ1n) is 8.11. The molecule has 0 saturated heterocycles. The van der Waals surface area contributed by atoms with Crippen molar-refractivity contribution >= 4 is 17.3 Å². The van der Waals surface area contributed by atoms with Crippen LogP contribution in [0.1, 0.15) is 18.5 Å². The van der Waals surface area contributed by atoms with Gasteiger partial charge in [0, 0.05) is 24.5 Å². The number of nitrogens with one attached hydrogen (secondary N) is 1. The average molecular weight is 367 g/mol. The molecule has 0 radical (unpaired) electrons. The van der Waals surface area contributed by atoms with Crippen LogP contribution in [0.2, 0.25) is 0 Å². The lowest BCUT2D eigenvalue weighted by molar-refractivity contribution is -0.384. The zero-order valence-electron chi connectivity index (χ0n) is 14.7. The molecule has 1 N–H and O–H groups in total. The second-order valence-electron chi connectivity index (χ2n) is 5.93. The molecule has 1 atom stereocenters. The molecule has 0 spiro atoms. The number of carbonyl (C=O) groups excluding carboxylic acids is 1. The van der Waals surface area contributed by atoms with Crippen LogP contribution in [0.15, 0.2) is 55.1 Å². The molecule has 0 bridgehead atoms. The Morgan fingerprint density at radius 1 is 1.30 bits per heavy atom. The summed E-state index contributed by atoms with van der Waals surface area (Å²) in [5.74, 6) is 0.289. The molecule has 1 unspecified atom stereocenters. The summed E-state index contributed by atoms with van der Waals surface area (Å²) in [7, 11) is 0. The quantitative estimate of drug-likeness (QED) is 0.527. The van der Waals surface area contributed by atoms with Gasteiger partial charge in [0.05, 0.1) is 29.1 Å². The van der Waals surface area contributed by atoms with Gasteiger partial charge < -0.3 is 10.1 Å². The lowest BCUT2D eigenvalue weighted by Crippen LogP contribution is -2.24. The molecule has 27 heavy (non-hydrogen) atoms. The third kappa shape index (κ3) is 4.46. The van der Waals surface area contributed by atoms with Crippen molar-refractivity contribution in [3.63, 3.8) is 0 Å². The molecule has 1 amide bonds. The van der Waals surface area contributed by atoms with Crippen LogP contribution in [0.4, 0.5) is 11.4 Å². The number of rotatable bonds is 6. The highest BCUT2D eigenvalue weighted by Gasteiger charge is 2.18. The molecule has 1 aromatic carbocycles. The first-order valence-corrected chi connectivity index (χ1v) is 8.11. The van der Waals surface area contributed by atoms with E-state index in [9.17, 15) is 14.9 Å². The molecule has 0 aliphatic rings. The number of benzene rings is 1. The van der Waals surface area contributed by atoms with E-state index in [1.165, 1.54) is 29.1 Å². The van der Waals surface area contributed by atoms with Crippen LogP contribution in [0.3, 0.4) is 0 Å². The van der Waals surface area contributed by atoms with Gasteiger partial charge in [0.15, 0.2) is 0 Å². The van der Waals surface area contributed by atoms with E-state index in [-0.39, 0.29) is 23.0 Å². The van der Waals surface area contributed by atoms with Gasteiger partial charge >= 0.3 is 0 Å². The van der Waals surface area contributed by atoms with Crippen molar-refractivity contribution in [2.24, 2.45) is 0 Å². The zero-order valence-corrected chi connectivity index (χ0v) is 14.7. The molecular formula is C18H17N5O4. The molecular weight excluding hydrogens is 350 g/mol. The van der Waals surface area contributed by atoms with Gasteiger partial charge in [-0.1, -0.05) is 0 Å². The van der Waals surface area contributed by atoms with E-state index in [2.05, 4.69) is 15.4 Å². The van der Waals surface area contributed by atoms with E-state index in [0.29, 0.717) is 5.75 Å². The molecule has 138 valence electrons. The number of nitrogens with zero attached hydrogens (tertiary/aromatic N) is 4. The summed E-state index contributed by atoms with van der Waals surface area (Å²) in [6.45, 7) is 3.56. The van der Waals surface area contributed by atoms with E-state index in [0.717, 1.165) is 5.56 Å². The summed E-state index contributed by atoms with van der Waals surface area (Å²) in [6.07, 6.45) is 6.47. The van der Waals surface area contributed by atoms with E-state index >= 15 is 0 Å². The molecule has 0 fully saturated rings. The topological polar surface area (TPSA) is 112 Å². The Bertz CT molecular complexity index is 971. The highest BCUT2D eigenvalue weighted by Crippen LogP contribution is 2.29. The van der Waals surface area contributed by atoms with Crippen molar-refractivity contribution in [3.8, 4) is 11.5 Å². The lowest BCUT2D eigenvalue weighted by Gasteiger charge is -2.13. The highest BCUT2D eigenvalue weighted by atomic mass is 16.6. The maximum absolute atomic E-state index is 12.5. The van der Waals surface area contributed by atoms with Gasteiger partial charge in [0.2, 0.25) is 5.91 Å². The summed E-state index contributed by atoms with van der Waals surface area (Å²) < 4.78 is 7.13. The summed E-state index contributed by atoms with van der Waals surface area (Å²) in [4.78, 5) is 27.1. The molecule has 2 heterocycles. The van der Waals surface area contributed by atoms with Gasteiger partial charge in [-0.15, -0.1) is 0 Å². The number of nitro groups is 1. The van der Waals surface area contributed by atoms with Gasteiger partial charge in [-0.05, 0) is 31.5 Å². The second kappa shape index (κ2) is 7.65. The molecule has 0 saturated carbocycles. The van der Waals surface area contributed by atoms with E-state index < -0.39 is 11.0 Å². The largest absolute Gasteiger partial charge is 0.455 e. The van der Waals surface area contributed by atoms with Crippen molar-refractivity contribution in [3.05, 3.63) is 70.8 Å². The van der Waals surface area contributed by atoms with Crippen molar-refractivity contribution in [2.75, 3.05) is 5.32 Å². The smallest absolute Gasteiger partial charge is 0.275 e. The van der Waals surface area contributed by atoms with Crippen LogP contribution >= 0.6 is 0 Å². The van der Waals surface area contributed by atoms with Gasteiger partial charge in [-0.2, -0.15) is 5.10 Å². The highest BCUT2D eigenvalue weighted by molar-refractivity contribution is 5.94. The van der Waals surface area contributed by atoms with Crippen molar-refractivity contribution < 1.29 is 14.5 Å². The average Bonchev–Trinajstić information content (AvgIpc) is 3.08. The predicted octanol–water partition coefficient (Wildman–Crippen LogP) is 3.49. The minimum absolute atomic E-state index is 0.200. The number of carbonyl (C=O) groups is 1. The van der Waals surface area contributed by atoms with Crippen molar-refractivity contribution in [1.82, 2.24) is 14.8 Å². The second-order valence-corrected chi connectivity index (χ2v) is 5.93.